The fraction of sp³-hybridized carbons (Fsp3) is 0.636. The van der Waals surface area contributed by atoms with E-state index in [9.17, 15) is 0 Å². The zero-order valence-electron chi connectivity index (χ0n) is 9.02. The van der Waals surface area contributed by atoms with Gasteiger partial charge in [0, 0.05) is 0 Å². The maximum atomic E-state index is 2.48. The van der Waals surface area contributed by atoms with Gasteiger partial charge >= 0.3 is 79.9 Å². The van der Waals surface area contributed by atoms with Crippen LogP contribution in [-0.2, 0) is 16.1 Å². The summed E-state index contributed by atoms with van der Waals surface area (Å²) >= 11 is -1.45. The molecule has 12 heavy (non-hydrogen) atoms. The van der Waals surface area contributed by atoms with Gasteiger partial charge in [-0.2, -0.15) is 0 Å². The molecule has 0 unspecified atom stereocenters. The van der Waals surface area contributed by atoms with Crippen molar-refractivity contribution in [2.75, 3.05) is 0 Å². The zero-order chi connectivity index (χ0) is 9.52. The second kappa shape index (κ2) is 3.14. The Hall–Kier alpha value is 0.168. The van der Waals surface area contributed by atoms with E-state index < -0.39 is 16.1 Å². The second-order valence-corrected chi connectivity index (χ2v) is 15.6. The summed E-state index contributed by atoms with van der Waals surface area (Å²) in [6.07, 6.45) is 1.28. The average molecular weight is 347 g/mol. The Balaban J connectivity index is 3.03. The third-order valence-electron chi connectivity index (χ3n) is 2.57. The first kappa shape index (κ1) is 10.3. The normalized spacial score (nSPS) is 20.8. The summed E-state index contributed by atoms with van der Waals surface area (Å²) < 4.78 is 1.80. The van der Waals surface area contributed by atoms with Gasteiger partial charge < -0.3 is 0 Å². The molecule has 0 bridgehead atoms. The minimum absolute atomic E-state index is 1.28. The van der Waals surface area contributed by atoms with Crippen molar-refractivity contribution in [3.63, 3.8) is 0 Å². The predicted octanol–water partition coefficient (Wildman–Crippen LogP) is 4.30. The maximum absolute atomic E-state index is 2.48. The first-order valence-electron chi connectivity index (χ1n) is 4.06. The van der Waals surface area contributed by atoms with E-state index >= 15 is 0 Å². The number of hydrogen-bond acceptors (Lipinski definition) is 0. The van der Waals surface area contributed by atoms with Gasteiger partial charge in [0.15, 0.2) is 0 Å². The molecule has 74 valence electrons. The van der Waals surface area contributed by atoms with Crippen LogP contribution in [0.4, 0.5) is 0 Å². The van der Waals surface area contributed by atoms with Crippen LogP contribution in [0.1, 0.15) is 27.2 Å². The number of allylic oxidation sites excluding steroid dienone is 4. The van der Waals surface area contributed by atoms with Gasteiger partial charge in [0.2, 0.25) is 0 Å². The predicted molar refractivity (Wildman–Crippen MR) is 53.3 cm³/mol. The average Bonchev–Trinajstić information content (AvgIpc) is 2.15. The molecule has 1 heteroatoms. The van der Waals surface area contributed by atoms with Crippen molar-refractivity contribution < 1.29 is 16.1 Å². The Morgan fingerprint density at radius 1 is 0.917 bits per heavy atom. The molecule has 0 radical (unpaired) electrons. The van der Waals surface area contributed by atoms with Crippen LogP contribution in [0, 0.1) is 0 Å². The molecule has 0 aromatic heterocycles. The summed E-state index contributed by atoms with van der Waals surface area (Å²) in [6.45, 7) is 6.85. The van der Waals surface area contributed by atoms with Crippen LogP contribution >= 0.6 is 0 Å². The SMILES string of the molecule is CC1=C(C)C(C)=[C]([Pt]([CH3])([CH3])[CH3])C1. The molecule has 0 N–H and O–H groups in total. The Morgan fingerprint density at radius 3 is 1.58 bits per heavy atom. The topological polar surface area (TPSA) is 0 Å². The van der Waals surface area contributed by atoms with Gasteiger partial charge in [-0.25, -0.2) is 0 Å². The van der Waals surface area contributed by atoms with E-state index in [1.54, 1.807) is 20.7 Å². The zero-order valence-corrected chi connectivity index (χ0v) is 11.3. The summed E-state index contributed by atoms with van der Waals surface area (Å²) in [6, 6.07) is 0. The molecule has 0 saturated carbocycles. The number of hydrogen-bond donors (Lipinski definition) is 0. The molecule has 0 atom stereocenters. The van der Waals surface area contributed by atoms with Gasteiger partial charge in [0.1, 0.15) is 0 Å². The minimum atomic E-state index is -1.45. The van der Waals surface area contributed by atoms with E-state index in [0.29, 0.717) is 0 Å². The molecule has 1 aliphatic rings. The van der Waals surface area contributed by atoms with Crippen LogP contribution in [0.15, 0.2) is 20.7 Å². The Bertz CT molecular complexity index is 261. The van der Waals surface area contributed by atoms with Crippen molar-refractivity contribution in [3.05, 3.63) is 20.7 Å². The van der Waals surface area contributed by atoms with Crippen molar-refractivity contribution >= 4 is 0 Å². The molecule has 0 aromatic rings. The molecule has 0 amide bonds. The van der Waals surface area contributed by atoms with E-state index in [1.807, 2.05) is 0 Å². The van der Waals surface area contributed by atoms with Crippen LogP contribution in [-0.4, -0.2) is 0 Å². The molecule has 1 rings (SSSR count). The Kier molecular flexibility index (Phi) is 2.68. The van der Waals surface area contributed by atoms with E-state index in [2.05, 4.69) is 36.7 Å². The van der Waals surface area contributed by atoms with Crippen LogP contribution < -0.4 is 0 Å². The van der Waals surface area contributed by atoms with Crippen LogP contribution in [0.3, 0.4) is 0 Å². The van der Waals surface area contributed by atoms with Gasteiger partial charge in [-0.05, 0) is 0 Å². The van der Waals surface area contributed by atoms with Crippen molar-refractivity contribution in [3.8, 4) is 0 Å². The first-order chi connectivity index (χ1) is 5.34. The molecule has 0 fully saturated rings. The molecular weight excluding hydrogens is 327 g/mol. The van der Waals surface area contributed by atoms with E-state index in [1.165, 1.54) is 6.42 Å². The van der Waals surface area contributed by atoms with Gasteiger partial charge in [-0.15, -0.1) is 0 Å². The van der Waals surface area contributed by atoms with Crippen molar-refractivity contribution in [1.29, 1.82) is 0 Å². The fourth-order valence-corrected chi connectivity index (χ4v) is 6.31. The van der Waals surface area contributed by atoms with Crippen molar-refractivity contribution in [2.45, 2.75) is 43.1 Å². The van der Waals surface area contributed by atoms with Gasteiger partial charge in [0.25, 0.3) is 0 Å². The summed E-state index contributed by atoms with van der Waals surface area (Å²) in [5.41, 5.74) is 4.77. The standard InChI is InChI=1S/C8H11.3CH3.Pt/c1-6-4-5-7(2)8(6)3;;;;/h4H2,1-3H3;3*1H3;. The monoisotopic (exact) mass is 347 g/mol. The van der Waals surface area contributed by atoms with Crippen molar-refractivity contribution in [2.24, 2.45) is 0 Å². The molecule has 0 nitrogen and oxygen atoms in total. The van der Waals surface area contributed by atoms with Gasteiger partial charge in [-0.1, -0.05) is 0 Å². The van der Waals surface area contributed by atoms with E-state index in [4.69, 9.17) is 0 Å². The first-order valence-corrected chi connectivity index (χ1v) is 12.0. The van der Waals surface area contributed by atoms with E-state index in [0.717, 1.165) is 0 Å². The summed E-state index contributed by atoms with van der Waals surface area (Å²) in [4.78, 5) is 0. The van der Waals surface area contributed by atoms with Gasteiger partial charge in [0.05, 0.1) is 0 Å². The molecule has 0 aliphatic heterocycles. The summed E-state index contributed by atoms with van der Waals surface area (Å²) in [7, 11) is 0. The third kappa shape index (κ3) is 1.74. The Morgan fingerprint density at radius 2 is 1.42 bits per heavy atom. The molecular formula is C11H20Pt. The molecule has 0 heterocycles. The van der Waals surface area contributed by atoms with Crippen LogP contribution in [0.5, 0.6) is 0 Å². The number of rotatable bonds is 1. The van der Waals surface area contributed by atoms with Crippen LogP contribution in [0.2, 0.25) is 15.9 Å². The fourth-order valence-electron chi connectivity index (χ4n) is 1.52. The Labute approximate surface area is 79.9 Å². The second-order valence-electron chi connectivity index (χ2n) is 4.00. The molecule has 0 aromatic carbocycles. The van der Waals surface area contributed by atoms with Crippen LogP contribution in [0.25, 0.3) is 0 Å². The van der Waals surface area contributed by atoms with E-state index in [-0.39, 0.29) is 0 Å². The molecule has 0 saturated heterocycles. The summed E-state index contributed by atoms with van der Waals surface area (Å²) in [5.74, 6) is 0. The third-order valence-corrected chi connectivity index (χ3v) is 7.94. The molecule has 1 aliphatic carbocycles. The summed E-state index contributed by atoms with van der Waals surface area (Å²) in [5, 5.41) is 7.45. The quantitative estimate of drug-likeness (QED) is 0.663. The van der Waals surface area contributed by atoms with Crippen molar-refractivity contribution in [1.82, 2.24) is 0 Å². The van der Waals surface area contributed by atoms with Gasteiger partial charge in [-0.3, -0.25) is 0 Å². The molecule has 0 spiro atoms.